The van der Waals surface area contributed by atoms with Crippen molar-refractivity contribution in [2.75, 3.05) is 5.75 Å². The molecule has 0 saturated carbocycles. The predicted octanol–water partition coefficient (Wildman–Crippen LogP) is 0.182. The van der Waals surface area contributed by atoms with Gasteiger partial charge in [0.15, 0.2) is 0 Å². The number of carbonyl (C=O) groups excluding carboxylic acids is 3. The molecule has 0 aliphatic rings. The molecule has 1 aromatic heterocycles. The summed E-state index contributed by atoms with van der Waals surface area (Å²) in [5.41, 5.74) is 7.47. The van der Waals surface area contributed by atoms with Gasteiger partial charge in [-0.25, -0.2) is 0 Å². The summed E-state index contributed by atoms with van der Waals surface area (Å²) in [4.78, 5) is 52.4. The fraction of sp³-hybridized carbons (Fsp3) is 0.455. The van der Waals surface area contributed by atoms with E-state index in [-0.39, 0.29) is 18.1 Å². The second-order valence-electron chi connectivity index (χ2n) is 8.21. The molecule has 0 spiro atoms. The number of carboxylic acid groups (broad SMARTS) is 1. The van der Waals surface area contributed by atoms with E-state index in [9.17, 15) is 19.2 Å². The number of carboxylic acids is 1. The lowest BCUT2D eigenvalue weighted by atomic mass is 10.0. The van der Waals surface area contributed by atoms with E-state index in [2.05, 4.69) is 33.6 Å². The molecule has 180 valence electrons. The van der Waals surface area contributed by atoms with Crippen molar-refractivity contribution in [3.8, 4) is 0 Å². The zero-order valence-corrected chi connectivity index (χ0v) is 19.7. The number of fused-ring (bicyclic) bond motifs is 1. The number of para-hydroxylation sites is 1. The molecule has 0 aliphatic heterocycles. The standard InChI is InChI=1S/C22H31N5O5S/c1-11(2)18(23)21(30)27-17(10-33)20(29)26-16(19(28)25-12(3)22(31)32)8-13-9-24-15-7-5-4-6-14(13)15/h4-7,9,11-12,16-18,24,33H,8,10,23H2,1-3H3,(H,25,28)(H,26,29)(H,27,30)(H,31,32). The number of nitrogens with one attached hydrogen (secondary N) is 4. The summed E-state index contributed by atoms with van der Waals surface area (Å²) < 4.78 is 0. The van der Waals surface area contributed by atoms with Gasteiger partial charge >= 0.3 is 5.97 Å². The molecule has 10 nitrogen and oxygen atoms in total. The first kappa shape index (κ1) is 26.2. The number of aliphatic carboxylic acids is 1. The average molecular weight is 478 g/mol. The quantitative estimate of drug-likeness (QED) is 0.228. The number of hydrogen-bond donors (Lipinski definition) is 7. The number of H-pyrrole nitrogens is 1. The molecule has 3 amide bonds. The number of aromatic nitrogens is 1. The molecule has 4 unspecified atom stereocenters. The highest BCUT2D eigenvalue weighted by Gasteiger charge is 2.30. The van der Waals surface area contributed by atoms with Crippen molar-refractivity contribution in [3.63, 3.8) is 0 Å². The number of thiol groups is 1. The van der Waals surface area contributed by atoms with E-state index in [1.165, 1.54) is 6.92 Å². The molecule has 33 heavy (non-hydrogen) atoms. The third kappa shape index (κ3) is 6.96. The lowest BCUT2D eigenvalue weighted by molar-refractivity contribution is -0.141. The van der Waals surface area contributed by atoms with Gasteiger partial charge in [-0.15, -0.1) is 0 Å². The molecule has 1 heterocycles. The number of benzene rings is 1. The van der Waals surface area contributed by atoms with Crippen LogP contribution in [-0.4, -0.2) is 63.7 Å². The van der Waals surface area contributed by atoms with Crippen LogP contribution in [0.15, 0.2) is 30.5 Å². The van der Waals surface area contributed by atoms with E-state index in [0.717, 1.165) is 16.5 Å². The maximum atomic E-state index is 12.9. The van der Waals surface area contributed by atoms with Crippen molar-refractivity contribution in [2.24, 2.45) is 11.7 Å². The van der Waals surface area contributed by atoms with Gasteiger partial charge in [-0.2, -0.15) is 12.6 Å². The van der Waals surface area contributed by atoms with Crippen LogP contribution in [0.1, 0.15) is 26.3 Å². The summed E-state index contributed by atoms with van der Waals surface area (Å²) in [6, 6.07) is 3.41. The Bertz CT molecular complexity index is 1010. The average Bonchev–Trinajstić information content (AvgIpc) is 3.18. The van der Waals surface area contributed by atoms with E-state index in [4.69, 9.17) is 10.8 Å². The SMILES string of the molecule is CC(NC(=O)C(Cc1c[nH]c2ccccc12)NC(=O)C(CS)NC(=O)C(N)C(C)C)C(=O)O. The maximum Gasteiger partial charge on any atom is 0.325 e. The third-order valence-corrected chi connectivity index (χ3v) is 5.66. The van der Waals surface area contributed by atoms with Crippen LogP contribution in [-0.2, 0) is 25.6 Å². The second kappa shape index (κ2) is 11.7. The predicted molar refractivity (Wildman–Crippen MR) is 128 cm³/mol. The van der Waals surface area contributed by atoms with Gasteiger partial charge < -0.3 is 31.8 Å². The zero-order chi connectivity index (χ0) is 24.7. The lowest BCUT2D eigenvalue weighted by Crippen LogP contribution is -2.58. The lowest BCUT2D eigenvalue weighted by Gasteiger charge is -2.24. The van der Waals surface area contributed by atoms with E-state index in [0.29, 0.717) is 0 Å². The molecule has 4 atom stereocenters. The van der Waals surface area contributed by atoms with E-state index in [1.54, 1.807) is 20.0 Å². The van der Waals surface area contributed by atoms with Crippen LogP contribution in [0, 0.1) is 5.92 Å². The molecule has 11 heteroatoms. The Morgan fingerprint density at radius 3 is 2.21 bits per heavy atom. The fourth-order valence-electron chi connectivity index (χ4n) is 3.14. The minimum Gasteiger partial charge on any atom is -0.480 e. The number of hydrogen-bond acceptors (Lipinski definition) is 6. The van der Waals surface area contributed by atoms with Crippen LogP contribution in [0.3, 0.4) is 0 Å². The van der Waals surface area contributed by atoms with Gasteiger partial charge in [-0.1, -0.05) is 32.0 Å². The van der Waals surface area contributed by atoms with E-state index < -0.39 is 47.9 Å². The van der Waals surface area contributed by atoms with Gasteiger partial charge in [0.2, 0.25) is 17.7 Å². The third-order valence-electron chi connectivity index (χ3n) is 5.30. The van der Waals surface area contributed by atoms with Crippen molar-refractivity contribution >= 4 is 47.2 Å². The van der Waals surface area contributed by atoms with Crippen LogP contribution in [0.25, 0.3) is 10.9 Å². The minimum absolute atomic E-state index is 0.0185. The van der Waals surface area contributed by atoms with Gasteiger partial charge in [0, 0.05) is 29.3 Å². The molecule has 2 rings (SSSR count). The van der Waals surface area contributed by atoms with Gasteiger partial charge in [-0.05, 0) is 24.5 Å². The van der Waals surface area contributed by atoms with Crippen molar-refractivity contribution in [3.05, 3.63) is 36.0 Å². The minimum atomic E-state index is -1.20. The van der Waals surface area contributed by atoms with Gasteiger partial charge in [0.05, 0.1) is 6.04 Å². The molecule has 0 bridgehead atoms. The number of carbonyl (C=O) groups is 4. The first-order chi connectivity index (χ1) is 15.5. The Kier molecular flexibility index (Phi) is 9.30. The second-order valence-corrected chi connectivity index (χ2v) is 8.57. The number of rotatable bonds is 11. The fourth-order valence-corrected chi connectivity index (χ4v) is 3.40. The van der Waals surface area contributed by atoms with Crippen LogP contribution < -0.4 is 21.7 Å². The van der Waals surface area contributed by atoms with Crippen LogP contribution in [0.5, 0.6) is 0 Å². The molecule has 0 aliphatic carbocycles. The van der Waals surface area contributed by atoms with Crippen molar-refractivity contribution in [2.45, 2.75) is 51.4 Å². The summed E-state index contributed by atoms with van der Waals surface area (Å²) in [5.74, 6) is -3.15. The summed E-state index contributed by atoms with van der Waals surface area (Å²) in [7, 11) is 0. The largest absolute Gasteiger partial charge is 0.480 e. The zero-order valence-electron chi connectivity index (χ0n) is 18.8. The Balaban J connectivity index is 2.22. The highest BCUT2D eigenvalue weighted by Crippen LogP contribution is 2.19. The molecule has 7 N–H and O–H groups in total. The van der Waals surface area contributed by atoms with Gasteiger partial charge in [0.1, 0.15) is 18.1 Å². The Morgan fingerprint density at radius 2 is 1.61 bits per heavy atom. The Labute approximate surface area is 197 Å². The molecule has 0 fully saturated rings. The van der Waals surface area contributed by atoms with Gasteiger partial charge in [0.25, 0.3) is 0 Å². The normalized spacial score (nSPS) is 14.8. The summed E-state index contributed by atoms with van der Waals surface area (Å²) in [6.45, 7) is 4.89. The van der Waals surface area contributed by atoms with Crippen molar-refractivity contribution in [1.29, 1.82) is 0 Å². The Morgan fingerprint density at radius 1 is 1.00 bits per heavy atom. The Hall–Kier alpha value is -3.05. The van der Waals surface area contributed by atoms with E-state index in [1.807, 2.05) is 24.3 Å². The molecule has 1 aromatic carbocycles. The molecule has 0 saturated heterocycles. The smallest absolute Gasteiger partial charge is 0.325 e. The van der Waals surface area contributed by atoms with E-state index >= 15 is 0 Å². The molecule has 2 aromatic rings. The van der Waals surface area contributed by atoms with Crippen LogP contribution in [0.2, 0.25) is 0 Å². The monoisotopic (exact) mass is 477 g/mol. The summed E-state index contributed by atoms with van der Waals surface area (Å²) in [5, 5.41) is 17.6. The highest BCUT2D eigenvalue weighted by atomic mass is 32.1. The molecular weight excluding hydrogens is 446 g/mol. The number of aromatic amines is 1. The topological polar surface area (TPSA) is 166 Å². The molecular formula is C22H31N5O5S. The van der Waals surface area contributed by atoms with Crippen molar-refractivity contribution < 1.29 is 24.3 Å². The highest BCUT2D eigenvalue weighted by molar-refractivity contribution is 7.80. The van der Waals surface area contributed by atoms with Crippen LogP contribution >= 0.6 is 12.6 Å². The first-order valence-corrected chi connectivity index (χ1v) is 11.2. The first-order valence-electron chi connectivity index (χ1n) is 10.6. The number of amides is 3. The van der Waals surface area contributed by atoms with Crippen molar-refractivity contribution in [1.82, 2.24) is 20.9 Å². The summed E-state index contributed by atoms with van der Waals surface area (Å²) in [6.07, 6.45) is 1.84. The van der Waals surface area contributed by atoms with Gasteiger partial charge in [-0.3, -0.25) is 19.2 Å². The summed E-state index contributed by atoms with van der Waals surface area (Å²) >= 11 is 4.14. The van der Waals surface area contributed by atoms with Crippen LogP contribution in [0.4, 0.5) is 0 Å². The number of nitrogens with two attached hydrogens (primary N) is 1. The maximum absolute atomic E-state index is 12.9. The molecule has 0 radical (unpaired) electrons.